The van der Waals surface area contributed by atoms with Crippen molar-refractivity contribution in [3.8, 4) is 16.9 Å². The molecule has 3 aromatic heterocycles. The first-order chi connectivity index (χ1) is 20.0. The molecule has 1 aliphatic heterocycles. The molecule has 206 valence electrons. The summed E-state index contributed by atoms with van der Waals surface area (Å²) in [6, 6.07) is 25.2. The molecule has 10 heteroatoms. The van der Waals surface area contributed by atoms with E-state index in [1.54, 1.807) is 38.9 Å². The third-order valence-corrected chi connectivity index (χ3v) is 9.36. The van der Waals surface area contributed by atoms with Crippen LogP contribution in [0.3, 0.4) is 0 Å². The summed E-state index contributed by atoms with van der Waals surface area (Å²) in [4.78, 5) is 34.1. The van der Waals surface area contributed by atoms with Gasteiger partial charge < -0.3 is 5.32 Å². The second kappa shape index (κ2) is 11.9. The number of benzene rings is 2. The molecule has 0 unspecified atom stereocenters. The fourth-order valence-corrected chi connectivity index (χ4v) is 7.06. The fraction of sp³-hybridized carbons (Fsp3) is 0.161. The number of amides is 2. The van der Waals surface area contributed by atoms with Crippen LogP contribution in [0.5, 0.6) is 0 Å². The Hall–Kier alpha value is -3.92. The van der Waals surface area contributed by atoms with E-state index in [1.807, 2.05) is 85.1 Å². The van der Waals surface area contributed by atoms with Crippen LogP contribution in [-0.2, 0) is 16.1 Å². The highest BCUT2D eigenvalue weighted by Gasteiger charge is 2.38. The molecular weight excluding hydrogens is 574 g/mol. The Kier molecular flexibility index (Phi) is 7.91. The van der Waals surface area contributed by atoms with Gasteiger partial charge in [0.15, 0.2) is 0 Å². The number of nitrogens with zero attached hydrogens (tertiary/aromatic N) is 4. The highest BCUT2D eigenvalue weighted by Crippen LogP contribution is 2.49. The van der Waals surface area contributed by atoms with Gasteiger partial charge in [-0.05, 0) is 54.8 Å². The molecule has 1 aliphatic rings. The van der Waals surface area contributed by atoms with Gasteiger partial charge in [0, 0.05) is 27.2 Å². The van der Waals surface area contributed by atoms with Crippen LogP contribution in [0.4, 0.5) is 5.82 Å². The normalized spacial score (nSPS) is 14.9. The Morgan fingerprint density at radius 3 is 2.56 bits per heavy atom. The van der Waals surface area contributed by atoms with Gasteiger partial charge in [0.2, 0.25) is 11.8 Å². The number of anilines is 1. The average Bonchev–Trinajstić information content (AvgIpc) is 3.63. The predicted molar refractivity (Wildman–Crippen MR) is 166 cm³/mol. The monoisotopic (exact) mass is 599 g/mol. The molecule has 6 rings (SSSR count). The first-order valence-corrected chi connectivity index (χ1v) is 15.4. The van der Waals surface area contributed by atoms with Crippen LogP contribution in [0.2, 0.25) is 5.02 Å². The zero-order chi connectivity index (χ0) is 28.3. The lowest BCUT2D eigenvalue weighted by molar-refractivity contribution is -0.123. The van der Waals surface area contributed by atoms with Gasteiger partial charge in [0.05, 0.1) is 34.6 Å². The summed E-state index contributed by atoms with van der Waals surface area (Å²) in [5.41, 5.74) is 5.18. The molecule has 0 aliphatic carbocycles. The van der Waals surface area contributed by atoms with Gasteiger partial charge in [0.1, 0.15) is 12.4 Å². The first kappa shape index (κ1) is 27.3. The van der Waals surface area contributed by atoms with E-state index >= 15 is 0 Å². The molecule has 0 bridgehead atoms. The third kappa shape index (κ3) is 5.79. The fourth-order valence-electron chi connectivity index (χ4n) is 4.76. The highest BCUT2D eigenvalue weighted by atomic mass is 35.5. The topological polar surface area (TPSA) is 80.1 Å². The molecule has 0 saturated heterocycles. The lowest BCUT2D eigenvalue weighted by Gasteiger charge is -2.23. The van der Waals surface area contributed by atoms with Crippen molar-refractivity contribution in [2.24, 2.45) is 0 Å². The van der Waals surface area contributed by atoms with E-state index in [0.717, 1.165) is 38.6 Å². The van der Waals surface area contributed by atoms with Crippen LogP contribution in [-0.4, -0.2) is 38.9 Å². The third-order valence-electron chi connectivity index (χ3n) is 6.78. The van der Waals surface area contributed by atoms with Crippen LogP contribution in [0, 0.1) is 6.92 Å². The Bertz CT molecular complexity index is 1670. The maximum Gasteiger partial charge on any atom is 0.240 e. The molecule has 41 heavy (non-hydrogen) atoms. The number of pyridine rings is 1. The molecular formula is C31H26ClN5O2S2. The van der Waals surface area contributed by atoms with E-state index < -0.39 is 0 Å². The summed E-state index contributed by atoms with van der Waals surface area (Å²) in [6.45, 7) is 2.15. The number of hydrogen-bond acceptors (Lipinski definition) is 6. The van der Waals surface area contributed by atoms with Crippen molar-refractivity contribution < 1.29 is 9.59 Å². The summed E-state index contributed by atoms with van der Waals surface area (Å²) in [5.74, 6) is 0.386. The average molecular weight is 600 g/mol. The van der Waals surface area contributed by atoms with Gasteiger partial charge in [-0.2, -0.15) is 5.10 Å². The van der Waals surface area contributed by atoms with E-state index in [4.69, 9.17) is 16.7 Å². The number of thioether (sulfide) groups is 1. The highest BCUT2D eigenvalue weighted by molar-refractivity contribution is 8.00. The molecule has 0 radical (unpaired) electrons. The van der Waals surface area contributed by atoms with Gasteiger partial charge in [-0.15, -0.1) is 23.1 Å². The Labute approximate surface area is 251 Å². The van der Waals surface area contributed by atoms with Crippen LogP contribution < -0.4 is 10.2 Å². The van der Waals surface area contributed by atoms with Gasteiger partial charge in [-0.1, -0.05) is 53.6 Å². The molecule has 0 saturated carbocycles. The SMILES string of the molecule is Cc1ccc(-n2nc(-c3ccc(Cl)cc3)c3c2N(CC(=O)NCc2ccccn2)C(=O)CS[C@@H]3c2cccs2)cc1. The minimum atomic E-state index is -0.278. The Morgan fingerprint density at radius 2 is 1.85 bits per heavy atom. The lowest BCUT2D eigenvalue weighted by Crippen LogP contribution is -2.42. The molecule has 7 nitrogen and oxygen atoms in total. The van der Waals surface area contributed by atoms with E-state index in [2.05, 4.69) is 16.4 Å². The van der Waals surface area contributed by atoms with Crippen LogP contribution >= 0.6 is 34.7 Å². The quantitative estimate of drug-likeness (QED) is 0.233. The number of nitrogens with one attached hydrogen (secondary N) is 1. The molecule has 1 N–H and O–H groups in total. The van der Waals surface area contributed by atoms with E-state index in [9.17, 15) is 9.59 Å². The van der Waals surface area contributed by atoms with Gasteiger partial charge in [0.25, 0.3) is 0 Å². The minimum Gasteiger partial charge on any atom is -0.349 e. The summed E-state index contributed by atoms with van der Waals surface area (Å²) >= 11 is 9.44. The number of carbonyl (C=O) groups excluding carboxylic acids is 2. The lowest BCUT2D eigenvalue weighted by atomic mass is 10.0. The van der Waals surface area contributed by atoms with Crippen molar-refractivity contribution in [2.45, 2.75) is 18.7 Å². The van der Waals surface area contributed by atoms with Gasteiger partial charge in [-0.25, -0.2) is 4.68 Å². The molecule has 2 aromatic carbocycles. The number of carbonyl (C=O) groups is 2. The standard InChI is InChI=1S/C31H26ClN5O2S2/c1-20-7-13-24(14-8-20)37-31-28(29(35-37)21-9-11-22(32)12-10-21)30(25-6-4-16-40-25)41-19-27(39)36(31)18-26(38)34-17-23-5-2-3-15-33-23/h2-16,30H,17-19H2,1H3,(H,34,38)/t30-/m1/s1. The van der Waals surface area contributed by atoms with Crippen LogP contribution in [0.15, 0.2) is 90.4 Å². The number of halogens is 1. The molecule has 1 atom stereocenters. The molecule has 2 amide bonds. The number of rotatable bonds is 7. The van der Waals surface area contributed by atoms with Crippen molar-refractivity contribution in [1.29, 1.82) is 0 Å². The van der Waals surface area contributed by atoms with Crippen molar-refractivity contribution >= 4 is 52.3 Å². The van der Waals surface area contributed by atoms with E-state index in [1.165, 1.54) is 0 Å². The van der Waals surface area contributed by atoms with Gasteiger partial charge >= 0.3 is 0 Å². The minimum absolute atomic E-state index is 0.145. The number of aryl methyl sites for hydroxylation is 1. The second-order valence-electron chi connectivity index (χ2n) is 9.62. The zero-order valence-electron chi connectivity index (χ0n) is 22.2. The van der Waals surface area contributed by atoms with Crippen LogP contribution in [0.1, 0.15) is 26.9 Å². The maximum atomic E-state index is 13.8. The molecule has 0 spiro atoms. The number of thiophene rings is 1. The Morgan fingerprint density at radius 1 is 1.05 bits per heavy atom. The molecule has 4 heterocycles. The van der Waals surface area contributed by atoms with Crippen molar-refractivity contribution in [2.75, 3.05) is 17.2 Å². The second-order valence-corrected chi connectivity index (χ2v) is 12.1. The number of fused-ring (bicyclic) bond motifs is 1. The maximum absolute atomic E-state index is 13.8. The van der Waals surface area contributed by atoms with Crippen molar-refractivity contribution in [3.05, 3.63) is 117 Å². The summed E-state index contributed by atoms with van der Waals surface area (Å²) < 4.78 is 1.80. The largest absolute Gasteiger partial charge is 0.349 e. The van der Waals surface area contributed by atoms with Gasteiger partial charge in [-0.3, -0.25) is 19.5 Å². The van der Waals surface area contributed by atoms with Crippen LogP contribution in [0.25, 0.3) is 16.9 Å². The summed E-state index contributed by atoms with van der Waals surface area (Å²) in [5, 5.41) is 10.5. The first-order valence-electron chi connectivity index (χ1n) is 13.1. The molecule has 0 fully saturated rings. The number of hydrogen-bond donors (Lipinski definition) is 1. The van der Waals surface area contributed by atoms with Crippen molar-refractivity contribution in [1.82, 2.24) is 20.1 Å². The Balaban J connectivity index is 1.50. The van der Waals surface area contributed by atoms with Crippen molar-refractivity contribution in [3.63, 3.8) is 0 Å². The smallest absolute Gasteiger partial charge is 0.240 e. The zero-order valence-corrected chi connectivity index (χ0v) is 24.5. The van der Waals surface area contributed by atoms with E-state index in [0.29, 0.717) is 10.8 Å². The predicted octanol–water partition coefficient (Wildman–Crippen LogP) is 6.44. The van der Waals surface area contributed by atoms with E-state index in [-0.39, 0.29) is 35.9 Å². The molecule has 5 aromatic rings. The summed E-state index contributed by atoms with van der Waals surface area (Å²) in [6.07, 6.45) is 1.69. The summed E-state index contributed by atoms with van der Waals surface area (Å²) in [7, 11) is 0. The number of aromatic nitrogens is 3.